The number of aryl methyl sites for hydroxylation is 1. The highest BCUT2D eigenvalue weighted by Crippen LogP contribution is 2.18. The van der Waals surface area contributed by atoms with E-state index in [2.05, 4.69) is 5.32 Å². The first-order valence-corrected chi connectivity index (χ1v) is 6.97. The number of aliphatic hydroxyl groups is 1. The molecule has 0 aliphatic heterocycles. The van der Waals surface area contributed by atoms with Gasteiger partial charge in [0.25, 0.3) is 0 Å². The number of aliphatic hydroxyl groups excluding tert-OH is 1. The molecule has 4 nitrogen and oxygen atoms in total. The van der Waals surface area contributed by atoms with Crippen molar-refractivity contribution in [3.05, 3.63) is 29.8 Å². The molecule has 1 fully saturated rings. The Morgan fingerprint density at radius 2 is 2.05 bits per heavy atom. The van der Waals surface area contributed by atoms with E-state index in [4.69, 9.17) is 5.73 Å². The van der Waals surface area contributed by atoms with Crippen LogP contribution in [0.15, 0.2) is 24.3 Å². The molecular weight excluding hydrogens is 240 g/mol. The molecule has 1 aromatic rings. The highest BCUT2D eigenvalue weighted by Gasteiger charge is 2.24. The Morgan fingerprint density at radius 3 is 2.79 bits per heavy atom. The fourth-order valence-electron chi connectivity index (χ4n) is 2.57. The van der Waals surface area contributed by atoms with Gasteiger partial charge in [-0.05, 0) is 30.9 Å². The van der Waals surface area contributed by atoms with Crippen LogP contribution in [0.5, 0.6) is 0 Å². The molecule has 19 heavy (non-hydrogen) atoms. The van der Waals surface area contributed by atoms with Gasteiger partial charge >= 0.3 is 0 Å². The number of benzene rings is 1. The second kappa shape index (κ2) is 6.57. The van der Waals surface area contributed by atoms with E-state index >= 15 is 0 Å². The number of anilines is 1. The van der Waals surface area contributed by atoms with Crippen molar-refractivity contribution < 1.29 is 9.90 Å². The van der Waals surface area contributed by atoms with Gasteiger partial charge in [0.2, 0.25) is 5.91 Å². The van der Waals surface area contributed by atoms with Crippen LogP contribution in [0, 0.1) is 0 Å². The normalized spacial score (nSPS) is 23.0. The van der Waals surface area contributed by atoms with Gasteiger partial charge < -0.3 is 16.2 Å². The SMILES string of the molecule is Nc1ccccc1CCC(=O)NC1CCCCC1O. The topological polar surface area (TPSA) is 75.4 Å². The van der Waals surface area contributed by atoms with E-state index in [1.54, 1.807) is 0 Å². The second-order valence-electron chi connectivity index (χ2n) is 5.22. The summed E-state index contributed by atoms with van der Waals surface area (Å²) in [6, 6.07) is 7.52. The molecule has 104 valence electrons. The molecule has 1 saturated carbocycles. The predicted octanol–water partition coefficient (Wildman–Crippen LogP) is 1.62. The highest BCUT2D eigenvalue weighted by molar-refractivity contribution is 5.76. The molecule has 4 N–H and O–H groups in total. The molecule has 0 heterocycles. The van der Waals surface area contributed by atoms with Crippen LogP contribution in [-0.2, 0) is 11.2 Å². The van der Waals surface area contributed by atoms with Crippen molar-refractivity contribution in [3.63, 3.8) is 0 Å². The van der Waals surface area contributed by atoms with Gasteiger partial charge in [0.05, 0.1) is 12.1 Å². The maximum Gasteiger partial charge on any atom is 0.220 e. The number of amides is 1. The Kier molecular flexibility index (Phi) is 4.80. The van der Waals surface area contributed by atoms with Gasteiger partial charge in [-0.1, -0.05) is 31.0 Å². The standard InChI is InChI=1S/C15H22N2O2/c16-12-6-2-1-5-11(12)9-10-15(19)17-13-7-3-4-8-14(13)18/h1-2,5-6,13-14,18H,3-4,7-10,16H2,(H,17,19). The molecule has 0 spiro atoms. The van der Waals surface area contributed by atoms with Crippen molar-refractivity contribution in [1.82, 2.24) is 5.32 Å². The maximum atomic E-state index is 11.9. The minimum Gasteiger partial charge on any atom is -0.399 e. The fourth-order valence-corrected chi connectivity index (χ4v) is 2.57. The molecule has 1 amide bonds. The third kappa shape index (κ3) is 3.96. The van der Waals surface area contributed by atoms with Crippen LogP contribution in [0.3, 0.4) is 0 Å². The zero-order valence-corrected chi connectivity index (χ0v) is 11.1. The number of hydrogen-bond donors (Lipinski definition) is 3. The van der Waals surface area contributed by atoms with E-state index in [1.165, 1.54) is 0 Å². The fraction of sp³-hybridized carbons (Fsp3) is 0.533. The Balaban J connectivity index is 1.80. The summed E-state index contributed by atoms with van der Waals surface area (Å²) in [5.74, 6) is -0.00537. The third-order valence-corrected chi connectivity index (χ3v) is 3.75. The van der Waals surface area contributed by atoms with E-state index in [1.807, 2.05) is 24.3 Å². The summed E-state index contributed by atoms with van der Waals surface area (Å²) in [6.45, 7) is 0. The van der Waals surface area contributed by atoms with E-state index < -0.39 is 0 Å². The monoisotopic (exact) mass is 262 g/mol. The molecule has 0 aromatic heterocycles. The van der Waals surface area contributed by atoms with Crippen LogP contribution in [-0.4, -0.2) is 23.2 Å². The first kappa shape index (κ1) is 13.9. The van der Waals surface area contributed by atoms with Crippen LogP contribution in [0.4, 0.5) is 5.69 Å². The molecular formula is C15H22N2O2. The molecule has 1 aliphatic rings. The van der Waals surface area contributed by atoms with E-state index in [0.717, 1.165) is 36.9 Å². The molecule has 2 unspecified atom stereocenters. The van der Waals surface area contributed by atoms with Crippen molar-refractivity contribution in [3.8, 4) is 0 Å². The minimum absolute atomic E-state index is 0.00537. The number of nitrogens with one attached hydrogen (secondary N) is 1. The Labute approximate surface area is 114 Å². The number of nitrogen functional groups attached to an aromatic ring is 1. The lowest BCUT2D eigenvalue weighted by Crippen LogP contribution is -2.45. The lowest BCUT2D eigenvalue weighted by Gasteiger charge is -2.28. The Morgan fingerprint density at radius 1 is 1.32 bits per heavy atom. The summed E-state index contributed by atoms with van der Waals surface area (Å²) in [4.78, 5) is 11.9. The van der Waals surface area contributed by atoms with Gasteiger partial charge in [0.1, 0.15) is 0 Å². The van der Waals surface area contributed by atoms with Gasteiger partial charge in [0.15, 0.2) is 0 Å². The smallest absolute Gasteiger partial charge is 0.220 e. The maximum absolute atomic E-state index is 11.9. The second-order valence-corrected chi connectivity index (χ2v) is 5.22. The number of hydrogen-bond acceptors (Lipinski definition) is 3. The molecule has 0 radical (unpaired) electrons. The zero-order valence-electron chi connectivity index (χ0n) is 11.1. The van der Waals surface area contributed by atoms with Crippen LogP contribution in [0.2, 0.25) is 0 Å². The lowest BCUT2D eigenvalue weighted by atomic mass is 9.92. The summed E-state index contributed by atoms with van der Waals surface area (Å²) in [5.41, 5.74) is 7.57. The number of carbonyl (C=O) groups excluding carboxylic acids is 1. The molecule has 2 rings (SSSR count). The highest BCUT2D eigenvalue weighted by atomic mass is 16.3. The number of carbonyl (C=O) groups is 1. The molecule has 0 saturated heterocycles. The number of rotatable bonds is 4. The van der Waals surface area contributed by atoms with E-state index in [-0.39, 0.29) is 18.1 Å². The van der Waals surface area contributed by atoms with Crippen molar-refractivity contribution in [2.75, 3.05) is 5.73 Å². The van der Waals surface area contributed by atoms with Crippen LogP contribution < -0.4 is 11.1 Å². The molecule has 1 aromatic carbocycles. The summed E-state index contributed by atoms with van der Waals surface area (Å²) in [5, 5.41) is 12.7. The number of nitrogens with two attached hydrogens (primary N) is 1. The van der Waals surface area contributed by atoms with Crippen molar-refractivity contribution in [1.29, 1.82) is 0 Å². The van der Waals surface area contributed by atoms with Gasteiger partial charge in [0, 0.05) is 12.1 Å². The van der Waals surface area contributed by atoms with Gasteiger partial charge in [-0.2, -0.15) is 0 Å². The van der Waals surface area contributed by atoms with Crippen molar-refractivity contribution in [2.45, 2.75) is 50.7 Å². The lowest BCUT2D eigenvalue weighted by molar-refractivity contribution is -0.123. The Hall–Kier alpha value is -1.55. The van der Waals surface area contributed by atoms with Gasteiger partial charge in [-0.15, -0.1) is 0 Å². The summed E-state index contributed by atoms with van der Waals surface area (Å²) in [7, 11) is 0. The van der Waals surface area contributed by atoms with Crippen molar-refractivity contribution >= 4 is 11.6 Å². The average Bonchev–Trinajstić information content (AvgIpc) is 2.40. The van der Waals surface area contributed by atoms with E-state index in [0.29, 0.717) is 12.8 Å². The van der Waals surface area contributed by atoms with E-state index in [9.17, 15) is 9.90 Å². The molecule has 4 heteroatoms. The van der Waals surface area contributed by atoms with Gasteiger partial charge in [-0.25, -0.2) is 0 Å². The van der Waals surface area contributed by atoms with Gasteiger partial charge in [-0.3, -0.25) is 4.79 Å². The quantitative estimate of drug-likeness (QED) is 0.722. The Bertz CT molecular complexity index is 434. The number of para-hydroxylation sites is 1. The third-order valence-electron chi connectivity index (χ3n) is 3.75. The first-order chi connectivity index (χ1) is 9.16. The minimum atomic E-state index is -0.389. The largest absolute Gasteiger partial charge is 0.399 e. The van der Waals surface area contributed by atoms with Crippen LogP contribution in [0.25, 0.3) is 0 Å². The zero-order chi connectivity index (χ0) is 13.7. The molecule has 1 aliphatic carbocycles. The van der Waals surface area contributed by atoms with Crippen LogP contribution >= 0.6 is 0 Å². The summed E-state index contributed by atoms with van der Waals surface area (Å²) in [6.07, 6.45) is 4.46. The summed E-state index contributed by atoms with van der Waals surface area (Å²) < 4.78 is 0. The summed E-state index contributed by atoms with van der Waals surface area (Å²) >= 11 is 0. The molecule has 2 atom stereocenters. The molecule has 0 bridgehead atoms. The average molecular weight is 262 g/mol. The van der Waals surface area contributed by atoms with Crippen LogP contribution in [0.1, 0.15) is 37.7 Å². The predicted molar refractivity (Wildman–Crippen MR) is 75.6 cm³/mol. The first-order valence-electron chi connectivity index (χ1n) is 6.97. The van der Waals surface area contributed by atoms with Crippen molar-refractivity contribution in [2.24, 2.45) is 0 Å².